The number of primary amides is 1. The standard InChI is InChI=1S/C11H12BrFN2O2/c1-6(5-9(14)16)15-11(17)10-7(12)3-2-4-8(10)13/h2-4,6H,5H2,1H3,(H2,14,16)(H,15,17). The second-order valence-electron chi connectivity index (χ2n) is 3.64. The summed E-state index contributed by atoms with van der Waals surface area (Å²) in [7, 11) is 0. The van der Waals surface area contributed by atoms with E-state index in [1.165, 1.54) is 12.1 Å². The van der Waals surface area contributed by atoms with Crippen molar-refractivity contribution in [2.45, 2.75) is 19.4 Å². The van der Waals surface area contributed by atoms with E-state index < -0.39 is 23.7 Å². The summed E-state index contributed by atoms with van der Waals surface area (Å²) in [4.78, 5) is 22.4. The molecular weight excluding hydrogens is 291 g/mol. The number of hydrogen-bond donors (Lipinski definition) is 2. The smallest absolute Gasteiger partial charge is 0.255 e. The first-order valence-electron chi connectivity index (χ1n) is 4.95. The van der Waals surface area contributed by atoms with Crippen molar-refractivity contribution in [3.8, 4) is 0 Å². The van der Waals surface area contributed by atoms with Gasteiger partial charge in [0.1, 0.15) is 5.82 Å². The van der Waals surface area contributed by atoms with E-state index in [1.807, 2.05) is 0 Å². The summed E-state index contributed by atoms with van der Waals surface area (Å²) in [6.07, 6.45) is 0.0117. The Balaban J connectivity index is 2.80. The Kier molecular flexibility index (Phi) is 4.62. The molecule has 1 aromatic rings. The van der Waals surface area contributed by atoms with E-state index in [4.69, 9.17) is 5.73 Å². The molecule has 0 aliphatic heterocycles. The average molecular weight is 303 g/mol. The molecule has 0 aliphatic rings. The van der Waals surface area contributed by atoms with E-state index >= 15 is 0 Å². The average Bonchev–Trinajstić information content (AvgIpc) is 2.15. The molecule has 0 heterocycles. The number of hydrogen-bond acceptors (Lipinski definition) is 2. The lowest BCUT2D eigenvalue weighted by atomic mass is 10.1. The lowest BCUT2D eigenvalue weighted by molar-refractivity contribution is -0.118. The zero-order valence-corrected chi connectivity index (χ0v) is 10.8. The second-order valence-corrected chi connectivity index (χ2v) is 4.50. The van der Waals surface area contributed by atoms with Gasteiger partial charge in [-0.3, -0.25) is 9.59 Å². The third-order valence-electron chi connectivity index (χ3n) is 2.07. The lowest BCUT2D eigenvalue weighted by Gasteiger charge is -2.13. The summed E-state index contributed by atoms with van der Waals surface area (Å²) >= 11 is 3.10. The van der Waals surface area contributed by atoms with Crippen molar-refractivity contribution in [3.63, 3.8) is 0 Å². The van der Waals surface area contributed by atoms with Gasteiger partial charge in [0.15, 0.2) is 0 Å². The largest absolute Gasteiger partial charge is 0.370 e. The highest BCUT2D eigenvalue weighted by molar-refractivity contribution is 9.10. The number of amides is 2. The number of benzene rings is 1. The topological polar surface area (TPSA) is 72.2 Å². The molecule has 6 heteroatoms. The minimum Gasteiger partial charge on any atom is -0.370 e. The van der Waals surface area contributed by atoms with Gasteiger partial charge >= 0.3 is 0 Å². The third kappa shape index (κ3) is 3.81. The summed E-state index contributed by atoms with van der Waals surface area (Å²) in [5.74, 6) is -1.72. The van der Waals surface area contributed by atoms with Gasteiger partial charge in [-0.1, -0.05) is 6.07 Å². The molecule has 92 valence electrons. The van der Waals surface area contributed by atoms with Crippen LogP contribution in [0.3, 0.4) is 0 Å². The number of carbonyl (C=O) groups excluding carboxylic acids is 2. The highest BCUT2D eigenvalue weighted by atomic mass is 79.9. The van der Waals surface area contributed by atoms with Crippen LogP contribution in [0.25, 0.3) is 0 Å². The molecule has 0 aliphatic carbocycles. The van der Waals surface area contributed by atoms with Crippen molar-refractivity contribution in [3.05, 3.63) is 34.1 Å². The van der Waals surface area contributed by atoms with Gasteiger partial charge in [0, 0.05) is 16.9 Å². The summed E-state index contributed by atoms with van der Waals surface area (Å²) in [6, 6.07) is 3.81. The number of rotatable bonds is 4. The maximum Gasteiger partial charge on any atom is 0.255 e. The molecule has 0 radical (unpaired) electrons. The van der Waals surface area contributed by atoms with Crippen LogP contribution in [-0.2, 0) is 4.79 Å². The van der Waals surface area contributed by atoms with Gasteiger partial charge in [0.05, 0.1) is 5.56 Å². The molecule has 0 bridgehead atoms. The zero-order valence-electron chi connectivity index (χ0n) is 9.17. The Hall–Kier alpha value is -1.43. The fraction of sp³-hybridized carbons (Fsp3) is 0.273. The molecule has 3 N–H and O–H groups in total. The van der Waals surface area contributed by atoms with E-state index in [0.29, 0.717) is 4.47 Å². The Labute approximate surface area is 107 Å². The van der Waals surface area contributed by atoms with E-state index in [-0.39, 0.29) is 12.0 Å². The van der Waals surface area contributed by atoms with E-state index in [1.54, 1.807) is 13.0 Å². The summed E-state index contributed by atoms with van der Waals surface area (Å²) in [5.41, 5.74) is 4.91. The Bertz CT molecular complexity index is 431. The Morgan fingerprint density at radius 3 is 2.71 bits per heavy atom. The molecule has 17 heavy (non-hydrogen) atoms. The van der Waals surface area contributed by atoms with Crippen LogP contribution in [0.15, 0.2) is 22.7 Å². The van der Waals surface area contributed by atoms with Gasteiger partial charge in [-0.25, -0.2) is 4.39 Å². The molecule has 1 atom stereocenters. The quantitative estimate of drug-likeness (QED) is 0.886. The molecule has 1 unspecified atom stereocenters. The zero-order chi connectivity index (χ0) is 13.0. The van der Waals surface area contributed by atoms with Crippen LogP contribution in [0.1, 0.15) is 23.7 Å². The summed E-state index contributed by atoms with van der Waals surface area (Å²) in [5, 5.41) is 2.50. The highest BCUT2D eigenvalue weighted by Gasteiger charge is 2.17. The predicted molar refractivity (Wildman–Crippen MR) is 64.8 cm³/mol. The van der Waals surface area contributed by atoms with Gasteiger partial charge in [-0.15, -0.1) is 0 Å². The summed E-state index contributed by atoms with van der Waals surface area (Å²) < 4.78 is 13.8. The fourth-order valence-corrected chi connectivity index (χ4v) is 1.89. The van der Waals surface area contributed by atoms with Crippen molar-refractivity contribution >= 4 is 27.7 Å². The maximum absolute atomic E-state index is 13.4. The number of halogens is 2. The number of nitrogens with two attached hydrogens (primary N) is 1. The van der Waals surface area contributed by atoms with Crippen LogP contribution in [0.4, 0.5) is 4.39 Å². The summed E-state index contributed by atoms with van der Waals surface area (Å²) in [6.45, 7) is 1.62. The molecule has 0 spiro atoms. The predicted octanol–water partition coefficient (Wildman–Crippen LogP) is 1.58. The van der Waals surface area contributed by atoms with E-state index in [9.17, 15) is 14.0 Å². The highest BCUT2D eigenvalue weighted by Crippen LogP contribution is 2.19. The monoisotopic (exact) mass is 302 g/mol. The minimum absolute atomic E-state index is 0.0117. The normalized spacial score (nSPS) is 11.9. The molecular formula is C11H12BrFN2O2. The van der Waals surface area contributed by atoms with Crippen LogP contribution in [0.5, 0.6) is 0 Å². The van der Waals surface area contributed by atoms with Crippen molar-refractivity contribution in [1.29, 1.82) is 0 Å². The van der Waals surface area contributed by atoms with Gasteiger partial charge < -0.3 is 11.1 Å². The fourth-order valence-electron chi connectivity index (χ4n) is 1.36. The lowest BCUT2D eigenvalue weighted by Crippen LogP contribution is -2.36. The number of carbonyl (C=O) groups is 2. The molecule has 2 amide bonds. The third-order valence-corrected chi connectivity index (χ3v) is 2.74. The molecule has 0 aromatic heterocycles. The van der Waals surface area contributed by atoms with Crippen LogP contribution in [0.2, 0.25) is 0 Å². The van der Waals surface area contributed by atoms with Crippen LogP contribution in [-0.4, -0.2) is 17.9 Å². The maximum atomic E-state index is 13.4. The molecule has 1 rings (SSSR count). The van der Waals surface area contributed by atoms with E-state index in [0.717, 1.165) is 0 Å². The van der Waals surface area contributed by atoms with Gasteiger partial charge in [0.25, 0.3) is 5.91 Å². The van der Waals surface area contributed by atoms with Crippen molar-refractivity contribution < 1.29 is 14.0 Å². The van der Waals surface area contributed by atoms with Gasteiger partial charge in [-0.2, -0.15) is 0 Å². The molecule has 1 aromatic carbocycles. The second kappa shape index (κ2) is 5.77. The van der Waals surface area contributed by atoms with Crippen LogP contribution in [0, 0.1) is 5.82 Å². The van der Waals surface area contributed by atoms with Crippen molar-refractivity contribution in [2.75, 3.05) is 0 Å². The first kappa shape index (κ1) is 13.6. The first-order valence-corrected chi connectivity index (χ1v) is 5.74. The Morgan fingerprint density at radius 2 is 2.18 bits per heavy atom. The Morgan fingerprint density at radius 1 is 1.53 bits per heavy atom. The minimum atomic E-state index is -0.622. The molecule has 4 nitrogen and oxygen atoms in total. The van der Waals surface area contributed by atoms with Gasteiger partial charge in [0.2, 0.25) is 5.91 Å². The number of nitrogens with one attached hydrogen (secondary N) is 1. The van der Waals surface area contributed by atoms with Crippen LogP contribution < -0.4 is 11.1 Å². The molecule has 0 fully saturated rings. The SMILES string of the molecule is CC(CC(N)=O)NC(=O)c1c(F)cccc1Br. The van der Waals surface area contributed by atoms with Crippen molar-refractivity contribution in [1.82, 2.24) is 5.32 Å². The first-order chi connectivity index (χ1) is 7.91. The van der Waals surface area contributed by atoms with E-state index in [2.05, 4.69) is 21.2 Å². The molecule has 0 saturated heterocycles. The van der Waals surface area contributed by atoms with Gasteiger partial charge in [-0.05, 0) is 35.0 Å². The molecule has 0 saturated carbocycles. The van der Waals surface area contributed by atoms with Crippen molar-refractivity contribution in [2.24, 2.45) is 5.73 Å². The van der Waals surface area contributed by atoms with Crippen LogP contribution >= 0.6 is 15.9 Å².